The highest BCUT2D eigenvalue weighted by Crippen LogP contribution is 2.33. The topological polar surface area (TPSA) is 107 Å². The second-order valence-corrected chi connectivity index (χ2v) is 7.32. The monoisotopic (exact) mass is 437 g/mol. The minimum atomic E-state index is -4.94. The summed E-state index contributed by atoms with van der Waals surface area (Å²) in [5, 5.41) is 18.9. The zero-order valence-electron chi connectivity index (χ0n) is 15.8. The summed E-state index contributed by atoms with van der Waals surface area (Å²) in [6.07, 6.45) is -4.94. The lowest BCUT2D eigenvalue weighted by Gasteiger charge is -2.24. The number of nitriles is 1. The molecule has 0 radical (unpaired) electrons. The van der Waals surface area contributed by atoms with E-state index in [9.17, 15) is 23.2 Å². The maximum atomic E-state index is 12.6. The predicted octanol–water partition coefficient (Wildman–Crippen LogP) is 3.87. The maximum absolute atomic E-state index is 12.6. The van der Waals surface area contributed by atoms with Gasteiger partial charge in [-0.2, -0.15) is 20.3 Å². The van der Waals surface area contributed by atoms with Gasteiger partial charge in [0.2, 0.25) is 5.91 Å². The van der Waals surface area contributed by atoms with Gasteiger partial charge >= 0.3 is 6.36 Å². The summed E-state index contributed by atoms with van der Waals surface area (Å²) in [7, 11) is 0. The standard InChI is InChI=1S/C19H15ClF3N5O2/c1-10-5-11(20)6-15-16(10)27-28(26-15)9-18(2,8-24)14-7-12(30-19(21,22)23)3-4-13(14)17(25)29/h3-7H,9H2,1-2H3,(H2,25,29). The third-order valence-corrected chi connectivity index (χ3v) is 4.69. The number of aryl methyl sites for hydroxylation is 1. The Morgan fingerprint density at radius 1 is 1.30 bits per heavy atom. The molecule has 3 aromatic rings. The van der Waals surface area contributed by atoms with Crippen molar-refractivity contribution in [2.45, 2.75) is 32.2 Å². The number of carbonyl (C=O) groups is 1. The smallest absolute Gasteiger partial charge is 0.406 e. The van der Waals surface area contributed by atoms with Crippen molar-refractivity contribution in [2.75, 3.05) is 0 Å². The molecule has 11 heteroatoms. The van der Waals surface area contributed by atoms with Crippen molar-refractivity contribution in [3.63, 3.8) is 0 Å². The molecule has 1 amide bonds. The highest BCUT2D eigenvalue weighted by atomic mass is 35.5. The molecule has 0 fully saturated rings. The largest absolute Gasteiger partial charge is 0.573 e. The minimum absolute atomic E-state index is 0.0321. The number of primary amides is 1. The van der Waals surface area contributed by atoms with E-state index in [4.69, 9.17) is 17.3 Å². The quantitative estimate of drug-likeness (QED) is 0.652. The summed E-state index contributed by atoms with van der Waals surface area (Å²) in [4.78, 5) is 13.1. The van der Waals surface area contributed by atoms with Gasteiger partial charge in [0.25, 0.3) is 0 Å². The molecule has 0 aliphatic rings. The van der Waals surface area contributed by atoms with Crippen LogP contribution in [0.2, 0.25) is 5.02 Å². The van der Waals surface area contributed by atoms with Crippen LogP contribution in [-0.4, -0.2) is 27.3 Å². The van der Waals surface area contributed by atoms with Crippen molar-refractivity contribution < 1.29 is 22.7 Å². The molecule has 2 N–H and O–H groups in total. The second kappa shape index (κ2) is 7.50. The number of alkyl halides is 3. The molecule has 1 unspecified atom stereocenters. The highest BCUT2D eigenvalue weighted by Gasteiger charge is 2.35. The van der Waals surface area contributed by atoms with E-state index in [0.29, 0.717) is 16.1 Å². The Balaban J connectivity index is 2.09. The van der Waals surface area contributed by atoms with E-state index in [1.165, 1.54) is 11.7 Å². The average Bonchev–Trinajstić information content (AvgIpc) is 3.02. The summed E-state index contributed by atoms with van der Waals surface area (Å²) in [6.45, 7) is 3.07. The van der Waals surface area contributed by atoms with E-state index in [-0.39, 0.29) is 17.7 Å². The first-order valence-corrected chi connectivity index (χ1v) is 8.92. The zero-order chi connectivity index (χ0) is 22.3. The van der Waals surface area contributed by atoms with Gasteiger partial charge in [0.1, 0.15) is 22.2 Å². The van der Waals surface area contributed by atoms with E-state index in [1.807, 2.05) is 6.07 Å². The molecule has 0 saturated carbocycles. The van der Waals surface area contributed by atoms with E-state index in [0.717, 1.165) is 23.8 Å². The Hall–Kier alpha value is -3.32. The Morgan fingerprint density at radius 2 is 2.00 bits per heavy atom. The van der Waals surface area contributed by atoms with Gasteiger partial charge in [-0.05, 0) is 55.3 Å². The van der Waals surface area contributed by atoms with Gasteiger partial charge in [-0.15, -0.1) is 13.2 Å². The number of amides is 1. The molecule has 1 heterocycles. The van der Waals surface area contributed by atoms with Gasteiger partial charge in [-0.25, -0.2) is 0 Å². The Morgan fingerprint density at radius 3 is 2.60 bits per heavy atom. The SMILES string of the molecule is Cc1cc(Cl)cc2nn(CC(C)(C#N)c3cc(OC(F)(F)F)ccc3C(N)=O)nc12. The molecular weight excluding hydrogens is 423 g/mol. The lowest BCUT2D eigenvalue weighted by atomic mass is 9.81. The fourth-order valence-corrected chi connectivity index (χ4v) is 3.38. The first-order valence-electron chi connectivity index (χ1n) is 8.54. The predicted molar refractivity (Wildman–Crippen MR) is 102 cm³/mol. The first-order chi connectivity index (χ1) is 13.9. The van der Waals surface area contributed by atoms with Crippen molar-refractivity contribution in [2.24, 2.45) is 5.73 Å². The van der Waals surface area contributed by atoms with E-state index >= 15 is 0 Å². The number of fused-ring (bicyclic) bond motifs is 1. The molecule has 2 aromatic carbocycles. The van der Waals surface area contributed by atoms with Gasteiger partial charge in [-0.1, -0.05) is 11.6 Å². The normalized spacial score (nSPS) is 13.6. The number of nitrogens with two attached hydrogens (primary N) is 1. The van der Waals surface area contributed by atoms with Crippen LogP contribution in [0.5, 0.6) is 5.75 Å². The maximum Gasteiger partial charge on any atom is 0.573 e. The zero-order valence-corrected chi connectivity index (χ0v) is 16.5. The van der Waals surface area contributed by atoms with Gasteiger partial charge in [-0.3, -0.25) is 4.79 Å². The van der Waals surface area contributed by atoms with Crippen LogP contribution in [0.3, 0.4) is 0 Å². The Bertz CT molecular complexity index is 1190. The number of ether oxygens (including phenoxy) is 1. The van der Waals surface area contributed by atoms with E-state index in [1.54, 1.807) is 19.1 Å². The highest BCUT2D eigenvalue weighted by molar-refractivity contribution is 6.31. The van der Waals surface area contributed by atoms with Crippen LogP contribution in [-0.2, 0) is 12.0 Å². The summed E-state index contributed by atoms with van der Waals surface area (Å²) in [6, 6.07) is 8.35. The van der Waals surface area contributed by atoms with Crippen LogP contribution in [0.15, 0.2) is 30.3 Å². The van der Waals surface area contributed by atoms with Crippen molar-refractivity contribution >= 4 is 28.5 Å². The number of carbonyl (C=O) groups excluding carboxylic acids is 1. The van der Waals surface area contributed by atoms with Crippen LogP contribution in [0, 0.1) is 18.3 Å². The number of nitrogens with zero attached hydrogens (tertiary/aromatic N) is 4. The second-order valence-electron chi connectivity index (χ2n) is 6.88. The van der Waals surface area contributed by atoms with Crippen LogP contribution in [0.25, 0.3) is 11.0 Å². The van der Waals surface area contributed by atoms with Crippen molar-refractivity contribution in [1.29, 1.82) is 5.26 Å². The minimum Gasteiger partial charge on any atom is -0.406 e. The third kappa shape index (κ3) is 4.31. The van der Waals surface area contributed by atoms with Crippen LogP contribution >= 0.6 is 11.6 Å². The Kier molecular flexibility index (Phi) is 5.34. The number of benzene rings is 2. The van der Waals surface area contributed by atoms with E-state index in [2.05, 4.69) is 14.9 Å². The third-order valence-electron chi connectivity index (χ3n) is 4.47. The summed E-state index contributed by atoms with van der Waals surface area (Å²) in [5.41, 5.74) is 5.55. The molecular formula is C19H15ClF3N5O2. The van der Waals surface area contributed by atoms with Crippen molar-refractivity contribution in [3.8, 4) is 11.8 Å². The average molecular weight is 438 g/mol. The number of halogens is 4. The molecule has 1 atom stereocenters. The fourth-order valence-electron chi connectivity index (χ4n) is 3.11. The van der Waals surface area contributed by atoms with Gasteiger partial charge in [0, 0.05) is 10.6 Å². The molecule has 7 nitrogen and oxygen atoms in total. The summed E-state index contributed by atoms with van der Waals surface area (Å²) < 4.78 is 41.8. The lowest BCUT2D eigenvalue weighted by Crippen LogP contribution is -2.31. The molecule has 156 valence electrons. The number of hydrogen-bond acceptors (Lipinski definition) is 5. The molecule has 30 heavy (non-hydrogen) atoms. The molecule has 0 bridgehead atoms. The van der Waals surface area contributed by atoms with Crippen molar-refractivity contribution in [3.05, 3.63) is 52.0 Å². The molecule has 1 aromatic heterocycles. The van der Waals surface area contributed by atoms with Gasteiger partial charge in [0.05, 0.1) is 12.6 Å². The van der Waals surface area contributed by atoms with Crippen LogP contribution < -0.4 is 10.5 Å². The van der Waals surface area contributed by atoms with Crippen LogP contribution in [0.4, 0.5) is 13.2 Å². The molecule has 0 spiro atoms. The number of aromatic nitrogens is 3. The number of rotatable bonds is 5. The fraction of sp³-hybridized carbons (Fsp3) is 0.263. The van der Waals surface area contributed by atoms with Crippen LogP contribution in [0.1, 0.15) is 28.4 Å². The molecule has 0 aliphatic heterocycles. The van der Waals surface area contributed by atoms with E-state index < -0.39 is 23.4 Å². The lowest BCUT2D eigenvalue weighted by molar-refractivity contribution is -0.274. The summed E-state index contributed by atoms with van der Waals surface area (Å²) in [5.74, 6) is -1.48. The molecule has 0 aliphatic carbocycles. The summed E-state index contributed by atoms with van der Waals surface area (Å²) >= 11 is 6.03. The van der Waals surface area contributed by atoms with Gasteiger partial charge in [0.15, 0.2) is 0 Å². The Labute approximate surface area is 173 Å². The molecule has 0 saturated heterocycles. The number of hydrogen-bond donors (Lipinski definition) is 1. The molecule has 3 rings (SSSR count). The first kappa shape index (κ1) is 21.4. The van der Waals surface area contributed by atoms with Crippen molar-refractivity contribution in [1.82, 2.24) is 15.0 Å². The van der Waals surface area contributed by atoms with Gasteiger partial charge < -0.3 is 10.5 Å².